The zero-order chi connectivity index (χ0) is 12.1. The van der Waals surface area contributed by atoms with Crippen molar-refractivity contribution in [2.24, 2.45) is 17.8 Å². The van der Waals surface area contributed by atoms with Crippen LogP contribution in [-0.4, -0.2) is 12.6 Å². The number of nitrogens with one attached hydrogen (secondary N) is 1. The van der Waals surface area contributed by atoms with Crippen molar-refractivity contribution < 1.29 is 0 Å². The lowest BCUT2D eigenvalue weighted by molar-refractivity contribution is 0.239. The molecule has 100 valence electrons. The summed E-state index contributed by atoms with van der Waals surface area (Å²) >= 11 is 0. The molecular weight excluding hydrogens is 206 g/mol. The van der Waals surface area contributed by atoms with Gasteiger partial charge in [-0.15, -0.1) is 0 Å². The molecule has 1 heteroatoms. The topological polar surface area (TPSA) is 12.0 Å². The predicted octanol–water partition coefficient (Wildman–Crippen LogP) is 4.37. The van der Waals surface area contributed by atoms with Crippen LogP contribution in [0.25, 0.3) is 0 Å². The van der Waals surface area contributed by atoms with E-state index in [9.17, 15) is 0 Å². The highest BCUT2D eigenvalue weighted by Gasteiger charge is 2.22. The van der Waals surface area contributed by atoms with Gasteiger partial charge in [-0.25, -0.2) is 0 Å². The van der Waals surface area contributed by atoms with Gasteiger partial charge in [-0.05, 0) is 62.8 Å². The van der Waals surface area contributed by atoms with Gasteiger partial charge < -0.3 is 5.32 Å². The molecule has 0 unspecified atom stereocenters. The van der Waals surface area contributed by atoms with E-state index in [4.69, 9.17) is 0 Å². The van der Waals surface area contributed by atoms with Crippen LogP contribution in [0.4, 0.5) is 0 Å². The minimum atomic E-state index is 0.843. The summed E-state index contributed by atoms with van der Waals surface area (Å²) < 4.78 is 0. The van der Waals surface area contributed by atoms with E-state index >= 15 is 0 Å². The Hall–Kier alpha value is -0.0400. The van der Waals surface area contributed by atoms with Crippen LogP contribution in [-0.2, 0) is 0 Å². The third-order valence-electron chi connectivity index (χ3n) is 5.25. The maximum atomic E-state index is 3.84. The lowest BCUT2D eigenvalue weighted by atomic mass is 9.80. The Morgan fingerprint density at radius 3 is 2.00 bits per heavy atom. The molecule has 0 radical (unpaired) electrons. The highest BCUT2D eigenvalue weighted by molar-refractivity contribution is 4.78. The van der Waals surface area contributed by atoms with Gasteiger partial charge in [0.15, 0.2) is 0 Å². The summed E-state index contributed by atoms with van der Waals surface area (Å²) in [6.07, 6.45) is 13.1. The Labute approximate surface area is 108 Å². The number of rotatable bonds is 4. The molecule has 0 aromatic rings. The van der Waals surface area contributed by atoms with Crippen LogP contribution in [0.3, 0.4) is 0 Å². The van der Waals surface area contributed by atoms with Gasteiger partial charge in [0.2, 0.25) is 0 Å². The van der Waals surface area contributed by atoms with Crippen molar-refractivity contribution in [3.05, 3.63) is 0 Å². The molecule has 0 aromatic carbocycles. The normalized spacial score (nSPS) is 39.2. The Morgan fingerprint density at radius 2 is 1.41 bits per heavy atom. The summed E-state index contributed by atoms with van der Waals surface area (Å²) in [7, 11) is 0. The van der Waals surface area contributed by atoms with Gasteiger partial charge in [0, 0.05) is 6.04 Å². The van der Waals surface area contributed by atoms with Gasteiger partial charge in [-0.1, -0.05) is 33.1 Å². The largest absolute Gasteiger partial charge is 0.314 e. The molecule has 1 N–H and O–H groups in total. The zero-order valence-corrected chi connectivity index (χ0v) is 11.9. The van der Waals surface area contributed by atoms with E-state index in [1.54, 1.807) is 0 Å². The van der Waals surface area contributed by atoms with E-state index in [0.29, 0.717) is 0 Å². The fourth-order valence-electron chi connectivity index (χ4n) is 3.64. The maximum Gasteiger partial charge on any atom is 0.00673 e. The van der Waals surface area contributed by atoms with Crippen molar-refractivity contribution in [2.75, 3.05) is 6.54 Å². The van der Waals surface area contributed by atoms with Crippen LogP contribution in [0.2, 0.25) is 0 Å². The molecule has 2 aliphatic rings. The second kappa shape index (κ2) is 6.78. The molecule has 17 heavy (non-hydrogen) atoms. The van der Waals surface area contributed by atoms with E-state index in [-0.39, 0.29) is 0 Å². The first-order valence-electron chi connectivity index (χ1n) is 8.01. The summed E-state index contributed by atoms with van der Waals surface area (Å²) in [4.78, 5) is 0. The van der Waals surface area contributed by atoms with E-state index in [1.807, 2.05) is 0 Å². The lowest BCUT2D eigenvalue weighted by Crippen LogP contribution is -2.37. The van der Waals surface area contributed by atoms with Crippen molar-refractivity contribution in [3.63, 3.8) is 0 Å². The fourth-order valence-corrected chi connectivity index (χ4v) is 3.64. The second-order valence-corrected chi connectivity index (χ2v) is 6.66. The molecule has 2 fully saturated rings. The standard InChI is InChI=1S/C16H31N/c1-3-14-6-8-15(9-7-14)12-17-16-10-4-13(2)5-11-16/h13-17H,3-12H2,1-2H3. The third-order valence-corrected chi connectivity index (χ3v) is 5.25. The monoisotopic (exact) mass is 237 g/mol. The molecule has 2 saturated carbocycles. The summed E-state index contributed by atoms with van der Waals surface area (Å²) in [6.45, 7) is 6.06. The third kappa shape index (κ3) is 4.28. The Kier molecular flexibility index (Phi) is 5.34. The smallest absolute Gasteiger partial charge is 0.00673 e. The van der Waals surface area contributed by atoms with E-state index in [1.165, 1.54) is 64.3 Å². The van der Waals surface area contributed by atoms with E-state index in [2.05, 4.69) is 19.2 Å². The van der Waals surface area contributed by atoms with Crippen molar-refractivity contribution in [2.45, 2.75) is 77.7 Å². The minimum Gasteiger partial charge on any atom is -0.314 e. The highest BCUT2D eigenvalue weighted by atomic mass is 14.9. The van der Waals surface area contributed by atoms with Crippen molar-refractivity contribution in [1.29, 1.82) is 0 Å². The molecule has 2 aliphatic carbocycles. The van der Waals surface area contributed by atoms with Crippen molar-refractivity contribution in [1.82, 2.24) is 5.32 Å². The number of hydrogen-bond donors (Lipinski definition) is 1. The Bertz CT molecular complexity index is 198. The van der Waals surface area contributed by atoms with Gasteiger partial charge in [0.1, 0.15) is 0 Å². The molecule has 0 heterocycles. The SMILES string of the molecule is CCC1CCC(CNC2CCC(C)CC2)CC1. The van der Waals surface area contributed by atoms with Crippen molar-refractivity contribution in [3.8, 4) is 0 Å². The average Bonchev–Trinajstić information content (AvgIpc) is 2.39. The molecule has 0 bridgehead atoms. The quantitative estimate of drug-likeness (QED) is 0.765. The van der Waals surface area contributed by atoms with Gasteiger partial charge in [-0.2, -0.15) is 0 Å². The van der Waals surface area contributed by atoms with Crippen LogP contribution in [0, 0.1) is 17.8 Å². The summed E-state index contributed by atoms with van der Waals surface area (Å²) in [5, 5.41) is 3.84. The molecule has 0 aliphatic heterocycles. The fraction of sp³-hybridized carbons (Fsp3) is 1.00. The zero-order valence-electron chi connectivity index (χ0n) is 11.9. The van der Waals surface area contributed by atoms with Crippen LogP contribution < -0.4 is 5.32 Å². The Morgan fingerprint density at radius 1 is 0.824 bits per heavy atom. The summed E-state index contributed by atoms with van der Waals surface area (Å²) in [5.74, 6) is 3.01. The molecular formula is C16H31N. The first kappa shape index (κ1) is 13.4. The molecule has 0 amide bonds. The van der Waals surface area contributed by atoms with Crippen LogP contribution in [0.15, 0.2) is 0 Å². The number of hydrogen-bond acceptors (Lipinski definition) is 1. The van der Waals surface area contributed by atoms with Crippen LogP contribution in [0.1, 0.15) is 71.6 Å². The van der Waals surface area contributed by atoms with E-state index in [0.717, 1.165) is 23.8 Å². The Balaban J connectivity index is 1.59. The average molecular weight is 237 g/mol. The molecule has 0 aromatic heterocycles. The summed E-state index contributed by atoms with van der Waals surface area (Å²) in [6, 6.07) is 0.843. The first-order valence-corrected chi connectivity index (χ1v) is 8.01. The molecule has 1 nitrogen and oxygen atoms in total. The van der Waals surface area contributed by atoms with Gasteiger partial charge in [0.25, 0.3) is 0 Å². The summed E-state index contributed by atoms with van der Waals surface area (Å²) in [5.41, 5.74) is 0. The maximum absolute atomic E-state index is 3.84. The van der Waals surface area contributed by atoms with E-state index < -0.39 is 0 Å². The molecule has 2 rings (SSSR count). The molecule has 0 atom stereocenters. The first-order chi connectivity index (χ1) is 8.28. The molecule has 0 saturated heterocycles. The lowest BCUT2D eigenvalue weighted by Gasteiger charge is -2.31. The second-order valence-electron chi connectivity index (χ2n) is 6.66. The van der Waals surface area contributed by atoms with Crippen LogP contribution >= 0.6 is 0 Å². The molecule has 0 spiro atoms. The van der Waals surface area contributed by atoms with Gasteiger partial charge >= 0.3 is 0 Å². The van der Waals surface area contributed by atoms with Gasteiger partial charge in [0.05, 0.1) is 0 Å². The van der Waals surface area contributed by atoms with Gasteiger partial charge in [-0.3, -0.25) is 0 Å². The van der Waals surface area contributed by atoms with Crippen LogP contribution in [0.5, 0.6) is 0 Å². The highest BCUT2D eigenvalue weighted by Crippen LogP contribution is 2.30. The predicted molar refractivity (Wildman–Crippen MR) is 75.2 cm³/mol. The minimum absolute atomic E-state index is 0.843. The van der Waals surface area contributed by atoms with Crippen molar-refractivity contribution >= 4 is 0 Å².